The van der Waals surface area contributed by atoms with E-state index in [-0.39, 0.29) is 17.5 Å². The Kier molecular flexibility index (Phi) is 7.10. The van der Waals surface area contributed by atoms with Gasteiger partial charge in [0, 0.05) is 34.3 Å². The van der Waals surface area contributed by atoms with Crippen molar-refractivity contribution in [1.82, 2.24) is 15.1 Å². The Balaban J connectivity index is 1.28. The number of aliphatic carboxylic acids is 1. The second-order valence-corrected chi connectivity index (χ2v) is 13.5. The topological polar surface area (TPSA) is 107 Å². The largest absolute Gasteiger partial charge is 0.477 e. The molecule has 0 spiro atoms. The van der Waals surface area contributed by atoms with Crippen LogP contribution in [0.4, 0.5) is 0 Å². The highest BCUT2D eigenvalue weighted by atomic mass is 35.5. The van der Waals surface area contributed by atoms with Crippen molar-refractivity contribution >= 4 is 58.8 Å². The molecule has 0 unspecified atom stereocenters. The lowest BCUT2D eigenvalue weighted by molar-refractivity contribution is -0.150. The van der Waals surface area contributed by atoms with Crippen molar-refractivity contribution in [2.75, 3.05) is 18.8 Å². The molecule has 3 amide bonds. The number of thioether (sulfide) groups is 2. The average molecular weight is 562 g/mol. The second kappa shape index (κ2) is 10.0. The zero-order valence-corrected chi connectivity index (χ0v) is 22.9. The van der Waals surface area contributed by atoms with Gasteiger partial charge < -0.3 is 15.3 Å². The van der Waals surface area contributed by atoms with Gasteiger partial charge in [0.05, 0.1) is 4.75 Å². The van der Waals surface area contributed by atoms with Crippen molar-refractivity contribution in [3.63, 3.8) is 0 Å². The molecule has 8 nitrogen and oxygen atoms in total. The maximum absolute atomic E-state index is 13.1. The van der Waals surface area contributed by atoms with E-state index in [0.717, 1.165) is 24.3 Å². The number of fused-ring (bicyclic) bond motifs is 1. The number of rotatable bonds is 8. The minimum Gasteiger partial charge on any atom is -0.477 e. The monoisotopic (exact) mass is 561 g/mol. The number of hydrogen-bond acceptors (Lipinski definition) is 6. The molecule has 5 rings (SSSR count). The maximum atomic E-state index is 13.1. The summed E-state index contributed by atoms with van der Waals surface area (Å²) in [6.07, 6.45) is 4.54. The molecular formula is C26H28ClN3O5S2. The molecule has 11 heteroatoms. The number of carboxylic acids is 1. The fraction of sp³-hybridized carbons (Fsp3) is 0.462. The Morgan fingerprint density at radius 1 is 1.24 bits per heavy atom. The van der Waals surface area contributed by atoms with Gasteiger partial charge in [-0.25, -0.2) is 4.79 Å². The van der Waals surface area contributed by atoms with Crippen LogP contribution < -0.4 is 5.32 Å². The minimum atomic E-state index is -1.21. The molecule has 196 valence electrons. The van der Waals surface area contributed by atoms with Crippen LogP contribution in [0.1, 0.15) is 33.1 Å². The highest BCUT2D eigenvalue weighted by molar-refractivity contribution is 8.01. The van der Waals surface area contributed by atoms with E-state index in [1.807, 2.05) is 17.0 Å². The van der Waals surface area contributed by atoms with E-state index < -0.39 is 28.0 Å². The van der Waals surface area contributed by atoms with Gasteiger partial charge >= 0.3 is 5.97 Å². The number of allylic oxidation sites excluding steroid dienone is 1. The number of nitrogens with one attached hydrogen (secondary N) is 1. The summed E-state index contributed by atoms with van der Waals surface area (Å²) in [5.74, 6) is -1.11. The first-order valence-electron chi connectivity index (χ1n) is 12.2. The molecule has 3 aliphatic heterocycles. The standard InChI is InChI=1S/C26H28ClN3O5S2/c1-26(2,37-18-7-5-17(27)6-8-18)25(35)28-19-22(32)30-20(24(33)34)16(13-36-23(19)30)11-15-9-10-29(21(15)31)12-14-3-4-14/h5-8,11,14,19,23H,3-4,9-10,12-13H2,1-2H3,(H,28,35)(H,33,34)/t19-,23-/m1/s1. The summed E-state index contributed by atoms with van der Waals surface area (Å²) >= 11 is 8.69. The first kappa shape index (κ1) is 26.2. The SMILES string of the molecule is CC(C)(Sc1ccc(Cl)cc1)C(=O)N[C@@H]1C(=O)N2C(C(=O)O)=C(C=C3CCN(CC4CC4)C3=O)CS[C@H]12. The van der Waals surface area contributed by atoms with Gasteiger partial charge in [0.1, 0.15) is 17.1 Å². The highest BCUT2D eigenvalue weighted by Crippen LogP contribution is 2.42. The summed E-state index contributed by atoms with van der Waals surface area (Å²) in [6.45, 7) is 4.95. The molecule has 1 aromatic rings. The van der Waals surface area contributed by atoms with Crippen molar-refractivity contribution in [2.45, 2.75) is 54.2 Å². The van der Waals surface area contributed by atoms with Crippen LogP contribution in [0.15, 0.2) is 52.1 Å². The highest BCUT2D eigenvalue weighted by Gasteiger charge is 2.55. The van der Waals surface area contributed by atoms with Crippen molar-refractivity contribution < 1.29 is 24.3 Å². The summed E-state index contributed by atoms with van der Waals surface area (Å²) in [5.41, 5.74) is 0.948. The number of amides is 3. The predicted octanol–water partition coefficient (Wildman–Crippen LogP) is 3.52. The third-order valence-corrected chi connectivity index (χ3v) is 9.72. The summed E-state index contributed by atoms with van der Waals surface area (Å²) in [7, 11) is 0. The Morgan fingerprint density at radius 2 is 1.95 bits per heavy atom. The van der Waals surface area contributed by atoms with Crippen molar-refractivity contribution in [3.05, 3.63) is 52.2 Å². The van der Waals surface area contributed by atoms with Crippen LogP contribution in [0.5, 0.6) is 0 Å². The maximum Gasteiger partial charge on any atom is 0.352 e. The molecule has 3 heterocycles. The first-order chi connectivity index (χ1) is 17.5. The van der Waals surface area contributed by atoms with E-state index >= 15 is 0 Å². The molecule has 3 fully saturated rings. The Hall–Kier alpha value is -2.43. The van der Waals surface area contributed by atoms with Crippen LogP contribution in [0, 0.1) is 5.92 Å². The van der Waals surface area contributed by atoms with E-state index in [1.54, 1.807) is 32.1 Å². The molecule has 2 atom stereocenters. The van der Waals surface area contributed by atoms with Crippen LogP contribution >= 0.6 is 35.1 Å². The normalized spacial score (nSPS) is 24.9. The lowest BCUT2D eigenvalue weighted by Gasteiger charge is -2.49. The zero-order chi connectivity index (χ0) is 26.5. The predicted molar refractivity (Wildman–Crippen MR) is 143 cm³/mol. The van der Waals surface area contributed by atoms with E-state index in [2.05, 4.69) is 5.32 Å². The van der Waals surface area contributed by atoms with Crippen LogP contribution in [-0.2, 0) is 19.2 Å². The lowest BCUT2D eigenvalue weighted by Crippen LogP contribution is -2.71. The molecule has 1 aliphatic carbocycles. The average Bonchev–Trinajstić information content (AvgIpc) is 3.61. The number of benzene rings is 1. The molecule has 37 heavy (non-hydrogen) atoms. The van der Waals surface area contributed by atoms with Gasteiger partial charge in [-0.3, -0.25) is 19.3 Å². The van der Waals surface area contributed by atoms with Crippen LogP contribution in [0.3, 0.4) is 0 Å². The number of halogens is 1. The summed E-state index contributed by atoms with van der Waals surface area (Å²) in [6, 6.07) is 6.35. The Morgan fingerprint density at radius 3 is 2.59 bits per heavy atom. The van der Waals surface area contributed by atoms with Crippen LogP contribution in [-0.4, -0.2) is 73.6 Å². The van der Waals surface area contributed by atoms with E-state index in [1.165, 1.54) is 28.4 Å². The molecular weight excluding hydrogens is 534 g/mol. The summed E-state index contributed by atoms with van der Waals surface area (Å²) in [5, 5.41) is 12.9. The molecule has 2 N–H and O–H groups in total. The number of nitrogens with zero attached hydrogens (tertiary/aromatic N) is 2. The second-order valence-electron chi connectivity index (χ2n) is 10.2. The molecule has 0 aromatic heterocycles. The van der Waals surface area contributed by atoms with Gasteiger partial charge in [-0.1, -0.05) is 11.6 Å². The van der Waals surface area contributed by atoms with Crippen molar-refractivity contribution in [2.24, 2.45) is 5.92 Å². The quantitative estimate of drug-likeness (QED) is 0.284. The molecule has 0 bridgehead atoms. The third-order valence-electron chi connectivity index (χ3n) is 6.96. The Bertz CT molecular complexity index is 1230. The smallest absolute Gasteiger partial charge is 0.352 e. The molecule has 1 aromatic carbocycles. The number of carbonyl (C=O) groups is 4. The zero-order valence-electron chi connectivity index (χ0n) is 20.5. The van der Waals surface area contributed by atoms with Gasteiger partial charge in [0.25, 0.3) is 5.91 Å². The lowest BCUT2D eigenvalue weighted by atomic mass is 10.0. The number of β-lactam (4-membered cyclic amide) rings is 1. The number of likely N-dealkylation sites (tertiary alicyclic amines) is 1. The minimum absolute atomic E-state index is 0.0447. The van der Waals surface area contributed by atoms with E-state index in [0.29, 0.717) is 40.8 Å². The van der Waals surface area contributed by atoms with Gasteiger partial charge in [-0.15, -0.1) is 23.5 Å². The molecule has 1 saturated carbocycles. The Labute approximate surface area is 228 Å². The summed E-state index contributed by atoms with van der Waals surface area (Å²) < 4.78 is -0.871. The fourth-order valence-electron chi connectivity index (χ4n) is 4.71. The first-order valence-corrected chi connectivity index (χ1v) is 14.5. The molecule has 2 saturated heterocycles. The third kappa shape index (κ3) is 5.28. The molecule has 0 radical (unpaired) electrons. The number of carboxylic acid groups (broad SMARTS) is 1. The van der Waals surface area contributed by atoms with Crippen molar-refractivity contribution in [3.8, 4) is 0 Å². The van der Waals surface area contributed by atoms with E-state index in [4.69, 9.17) is 11.6 Å². The fourth-order valence-corrected chi connectivity index (χ4v) is 7.15. The van der Waals surface area contributed by atoms with Crippen LogP contribution in [0.2, 0.25) is 5.02 Å². The van der Waals surface area contributed by atoms with Gasteiger partial charge in [-0.2, -0.15) is 0 Å². The van der Waals surface area contributed by atoms with Crippen LogP contribution in [0.25, 0.3) is 0 Å². The van der Waals surface area contributed by atoms with Crippen molar-refractivity contribution in [1.29, 1.82) is 0 Å². The van der Waals surface area contributed by atoms with Gasteiger partial charge in [0.2, 0.25) is 11.8 Å². The molecule has 4 aliphatic rings. The van der Waals surface area contributed by atoms with Gasteiger partial charge in [0.15, 0.2) is 0 Å². The summed E-state index contributed by atoms with van der Waals surface area (Å²) in [4.78, 5) is 55.1. The number of carbonyl (C=O) groups excluding carboxylic acids is 3. The number of hydrogen-bond donors (Lipinski definition) is 2. The van der Waals surface area contributed by atoms with E-state index in [9.17, 15) is 24.3 Å². The van der Waals surface area contributed by atoms with Gasteiger partial charge in [-0.05, 0) is 74.9 Å².